The van der Waals surface area contributed by atoms with Gasteiger partial charge in [0.15, 0.2) is 11.6 Å². The molecule has 0 aliphatic heterocycles. The van der Waals surface area contributed by atoms with Crippen molar-refractivity contribution in [3.8, 4) is 0 Å². The molecule has 0 aliphatic rings. The van der Waals surface area contributed by atoms with Crippen molar-refractivity contribution in [3.63, 3.8) is 0 Å². The quantitative estimate of drug-likeness (QED) is 0.776. The van der Waals surface area contributed by atoms with Gasteiger partial charge in [-0.2, -0.15) is 10.2 Å². The van der Waals surface area contributed by atoms with E-state index in [1.807, 2.05) is 13.8 Å². The van der Waals surface area contributed by atoms with E-state index < -0.39 is 0 Å². The predicted molar refractivity (Wildman–Crippen MR) is 71.3 cm³/mol. The van der Waals surface area contributed by atoms with Crippen molar-refractivity contribution in [1.29, 1.82) is 0 Å². The number of rotatable bonds is 6. The van der Waals surface area contributed by atoms with Crippen LogP contribution in [0.25, 0.3) is 0 Å². The number of aromatic nitrogens is 5. The molecule has 2 heterocycles. The second kappa shape index (κ2) is 5.77. The Kier molecular flexibility index (Phi) is 4.07. The lowest BCUT2D eigenvalue weighted by atomic mass is 9.99. The molecule has 2 N–H and O–H groups in total. The van der Waals surface area contributed by atoms with Crippen molar-refractivity contribution in [2.75, 3.05) is 0 Å². The molecule has 106 valence electrons. The van der Waals surface area contributed by atoms with Gasteiger partial charge in [0, 0.05) is 17.5 Å². The first-order valence-electron chi connectivity index (χ1n) is 6.47. The Morgan fingerprint density at radius 2 is 1.95 bits per heavy atom. The van der Waals surface area contributed by atoms with E-state index >= 15 is 0 Å². The van der Waals surface area contributed by atoms with Crippen molar-refractivity contribution >= 4 is 11.6 Å². The van der Waals surface area contributed by atoms with Crippen molar-refractivity contribution in [1.82, 2.24) is 25.4 Å². The average molecular weight is 275 g/mol. The molecule has 2 rings (SSSR count). The number of nitrogens with zero attached hydrogens (tertiary/aromatic N) is 3. The zero-order valence-electron chi connectivity index (χ0n) is 11.7. The lowest BCUT2D eigenvalue weighted by Gasteiger charge is -2.05. The molecule has 2 aromatic rings. The zero-order chi connectivity index (χ0) is 14.7. The summed E-state index contributed by atoms with van der Waals surface area (Å²) in [5.41, 5.74) is 1.17. The fourth-order valence-corrected chi connectivity index (χ4v) is 1.87. The van der Waals surface area contributed by atoms with Gasteiger partial charge in [0.1, 0.15) is 12.0 Å². The molecule has 1 unspecified atom stereocenters. The summed E-state index contributed by atoms with van der Waals surface area (Å²) in [7, 11) is 0. The molecule has 7 heteroatoms. The molecule has 0 aromatic carbocycles. The van der Waals surface area contributed by atoms with Crippen LogP contribution in [-0.4, -0.2) is 36.9 Å². The second-order valence-electron chi connectivity index (χ2n) is 5.10. The second-order valence-corrected chi connectivity index (χ2v) is 5.10. The molecule has 0 fully saturated rings. The zero-order valence-corrected chi connectivity index (χ0v) is 11.7. The minimum atomic E-state index is -0.273. The third kappa shape index (κ3) is 2.98. The standard InChI is InChI=1S/C13H17N5O2/c1-7(2)11(19)10-5-9(16-17-10)4-8(3)12(20)13-14-6-15-18-13/h5-8H,4H2,1-3H3,(H,16,17)(H,14,15,18). The third-order valence-electron chi connectivity index (χ3n) is 3.03. The van der Waals surface area contributed by atoms with Gasteiger partial charge in [-0.1, -0.05) is 20.8 Å². The highest BCUT2D eigenvalue weighted by Gasteiger charge is 2.20. The molecule has 0 aliphatic carbocycles. The summed E-state index contributed by atoms with van der Waals surface area (Å²) in [6, 6.07) is 1.70. The van der Waals surface area contributed by atoms with E-state index in [1.54, 1.807) is 13.0 Å². The van der Waals surface area contributed by atoms with Gasteiger partial charge in [0.25, 0.3) is 0 Å². The Labute approximate surface area is 116 Å². The van der Waals surface area contributed by atoms with Crippen LogP contribution in [0, 0.1) is 11.8 Å². The van der Waals surface area contributed by atoms with Crippen molar-refractivity contribution < 1.29 is 9.59 Å². The average Bonchev–Trinajstić information content (AvgIpc) is 3.07. The van der Waals surface area contributed by atoms with Crippen molar-refractivity contribution in [2.24, 2.45) is 11.8 Å². The molecule has 0 bridgehead atoms. The maximum absolute atomic E-state index is 12.0. The van der Waals surface area contributed by atoms with E-state index in [0.29, 0.717) is 12.1 Å². The van der Waals surface area contributed by atoms with Gasteiger partial charge in [-0.25, -0.2) is 4.98 Å². The number of ketones is 2. The van der Waals surface area contributed by atoms with Gasteiger partial charge < -0.3 is 0 Å². The molecular formula is C13H17N5O2. The lowest BCUT2D eigenvalue weighted by molar-refractivity contribution is 0.0916. The third-order valence-corrected chi connectivity index (χ3v) is 3.03. The summed E-state index contributed by atoms with van der Waals surface area (Å²) in [5.74, 6) is -0.254. The summed E-state index contributed by atoms with van der Waals surface area (Å²) in [6.45, 7) is 5.45. The molecule has 2 aromatic heterocycles. The van der Waals surface area contributed by atoms with Crippen LogP contribution in [-0.2, 0) is 6.42 Å². The number of Topliss-reactive ketones (excluding diaryl/α,β-unsaturated/α-hetero) is 2. The van der Waals surface area contributed by atoms with E-state index in [2.05, 4.69) is 25.4 Å². The minimum Gasteiger partial charge on any atom is -0.292 e. The highest BCUT2D eigenvalue weighted by Crippen LogP contribution is 2.13. The Hall–Kier alpha value is -2.31. The highest BCUT2D eigenvalue weighted by molar-refractivity contribution is 5.96. The maximum Gasteiger partial charge on any atom is 0.202 e. The van der Waals surface area contributed by atoms with E-state index in [4.69, 9.17) is 0 Å². The molecule has 20 heavy (non-hydrogen) atoms. The number of carbonyl (C=O) groups excluding carboxylic acids is 2. The molecule has 0 radical (unpaired) electrons. The molecule has 1 atom stereocenters. The van der Waals surface area contributed by atoms with Crippen LogP contribution in [0.5, 0.6) is 0 Å². The molecule has 0 saturated carbocycles. The normalized spacial score (nSPS) is 12.6. The van der Waals surface area contributed by atoms with Gasteiger partial charge in [-0.05, 0) is 12.5 Å². The van der Waals surface area contributed by atoms with E-state index in [9.17, 15) is 9.59 Å². The predicted octanol–water partition coefficient (Wildman–Crippen LogP) is 1.43. The van der Waals surface area contributed by atoms with Crippen LogP contribution in [0.15, 0.2) is 12.4 Å². The Morgan fingerprint density at radius 1 is 1.20 bits per heavy atom. The first kappa shape index (κ1) is 14.1. The smallest absolute Gasteiger partial charge is 0.202 e. The summed E-state index contributed by atoms with van der Waals surface area (Å²) >= 11 is 0. The SMILES string of the molecule is CC(C)C(=O)c1cc(CC(C)C(=O)c2ncn[nH]2)[nH]n1. The molecule has 7 nitrogen and oxygen atoms in total. The molecular weight excluding hydrogens is 258 g/mol. The Bertz CT molecular complexity index is 600. The fraction of sp³-hybridized carbons (Fsp3) is 0.462. The number of aromatic amines is 2. The fourth-order valence-electron chi connectivity index (χ4n) is 1.87. The van der Waals surface area contributed by atoms with Crippen LogP contribution >= 0.6 is 0 Å². The number of hydrogen-bond acceptors (Lipinski definition) is 5. The Balaban J connectivity index is 2.03. The van der Waals surface area contributed by atoms with Gasteiger partial charge >= 0.3 is 0 Å². The first-order valence-corrected chi connectivity index (χ1v) is 6.47. The van der Waals surface area contributed by atoms with Gasteiger partial charge in [-0.15, -0.1) is 0 Å². The van der Waals surface area contributed by atoms with Crippen LogP contribution in [0.4, 0.5) is 0 Å². The monoisotopic (exact) mass is 275 g/mol. The molecule has 0 saturated heterocycles. The van der Waals surface area contributed by atoms with Crippen LogP contribution in [0.1, 0.15) is 47.6 Å². The van der Waals surface area contributed by atoms with E-state index in [1.165, 1.54) is 6.33 Å². The van der Waals surface area contributed by atoms with Gasteiger partial charge in [-0.3, -0.25) is 19.8 Å². The Morgan fingerprint density at radius 3 is 2.55 bits per heavy atom. The van der Waals surface area contributed by atoms with Gasteiger partial charge in [0.2, 0.25) is 5.78 Å². The summed E-state index contributed by atoms with van der Waals surface area (Å²) in [6.07, 6.45) is 1.77. The largest absolute Gasteiger partial charge is 0.292 e. The number of carbonyl (C=O) groups is 2. The topological polar surface area (TPSA) is 104 Å². The highest BCUT2D eigenvalue weighted by atomic mass is 16.1. The molecule has 0 amide bonds. The minimum absolute atomic E-state index is 0.0123. The lowest BCUT2D eigenvalue weighted by Crippen LogP contribution is -2.15. The summed E-state index contributed by atoms with van der Waals surface area (Å²) < 4.78 is 0. The van der Waals surface area contributed by atoms with E-state index in [-0.39, 0.29) is 29.2 Å². The summed E-state index contributed by atoms with van der Waals surface area (Å²) in [5, 5.41) is 13.0. The maximum atomic E-state index is 12.0. The van der Waals surface area contributed by atoms with Crippen LogP contribution < -0.4 is 0 Å². The van der Waals surface area contributed by atoms with Crippen molar-refractivity contribution in [2.45, 2.75) is 27.2 Å². The van der Waals surface area contributed by atoms with Gasteiger partial charge in [0.05, 0.1) is 0 Å². The number of nitrogens with one attached hydrogen (secondary N) is 2. The summed E-state index contributed by atoms with van der Waals surface area (Å²) in [4.78, 5) is 27.7. The van der Waals surface area contributed by atoms with Crippen LogP contribution in [0.3, 0.4) is 0 Å². The number of H-pyrrole nitrogens is 2. The van der Waals surface area contributed by atoms with Crippen LogP contribution in [0.2, 0.25) is 0 Å². The first-order chi connectivity index (χ1) is 9.49. The van der Waals surface area contributed by atoms with E-state index in [0.717, 1.165) is 5.69 Å². The molecule has 0 spiro atoms. The number of hydrogen-bond donors (Lipinski definition) is 2. The van der Waals surface area contributed by atoms with Crippen molar-refractivity contribution in [3.05, 3.63) is 29.6 Å².